The number of amidine groups is 2. The lowest BCUT2D eigenvalue weighted by molar-refractivity contribution is -0.407. The van der Waals surface area contributed by atoms with Gasteiger partial charge in [0.05, 0.1) is 26.0 Å². The number of urea groups is 1. The molecule has 10 heteroatoms. The van der Waals surface area contributed by atoms with Crippen LogP contribution in [0.15, 0.2) is 9.98 Å². The van der Waals surface area contributed by atoms with Gasteiger partial charge in [-0.2, -0.15) is 9.48 Å². The van der Waals surface area contributed by atoms with Crippen LogP contribution >= 0.6 is 11.8 Å². The summed E-state index contributed by atoms with van der Waals surface area (Å²) in [6.07, 6.45) is 2.63. The summed E-state index contributed by atoms with van der Waals surface area (Å²) in [5, 5.41) is 3.39. The van der Waals surface area contributed by atoms with Gasteiger partial charge in [-0.25, -0.2) is 9.79 Å². The average molecular weight is 437 g/mol. The van der Waals surface area contributed by atoms with E-state index >= 15 is 0 Å². The van der Waals surface area contributed by atoms with E-state index in [4.69, 9.17) is 4.74 Å². The highest BCUT2D eigenvalue weighted by Crippen LogP contribution is 2.28. The number of nitrogens with zero attached hydrogens (tertiary/aromatic N) is 4. The minimum Gasteiger partial charge on any atom is -0.376 e. The molecule has 0 spiro atoms. The minimum atomic E-state index is -0.766. The zero-order valence-corrected chi connectivity index (χ0v) is 19.0. The fraction of sp³-hybridized carbons (Fsp3) is 0.700. The van der Waals surface area contributed by atoms with Gasteiger partial charge in [-0.1, -0.05) is 37.5 Å². The van der Waals surface area contributed by atoms with Crippen molar-refractivity contribution in [3.05, 3.63) is 0 Å². The zero-order chi connectivity index (χ0) is 22.1. The van der Waals surface area contributed by atoms with Gasteiger partial charge in [0.25, 0.3) is 5.84 Å². The molecule has 0 radical (unpaired) electrons. The van der Waals surface area contributed by atoms with Crippen LogP contribution < -0.4 is 5.32 Å². The topological polar surface area (TPSA) is 103 Å². The number of ether oxygens (including phenoxy) is 1. The smallest absolute Gasteiger partial charge is 0.376 e. The Bertz CT molecular complexity index is 837. The van der Waals surface area contributed by atoms with Crippen molar-refractivity contribution in [2.75, 3.05) is 33.0 Å². The van der Waals surface area contributed by atoms with E-state index in [-0.39, 0.29) is 29.1 Å². The fourth-order valence-corrected chi connectivity index (χ4v) is 4.44. The van der Waals surface area contributed by atoms with Gasteiger partial charge in [-0.3, -0.25) is 9.59 Å². The Labute approximate surface area is 181 Å². The largest absolute Gasteiger partial charge is 0.445 e. The summed E-state index contributed by atoms with van der Waals surface area (Å²) in [5.41, 5.74) is -0.0673. The maximum Gasteiger partial charge on any atom is 0.445 e. The molecule has 0 bridgehead atoms. The number of fused-ring (bicyclic) bond motifs is 1. The molecule has 2 unspecified atom stereocenters. The van der Waals surface area contributed by atoms with Gasteiger partial charge in [0, 0.05) is 19.6 Å². The average Bonchev–Trinajstić information content (AvgIpc) is 3.19. The van der Waals surface area contributed by atoms with Crippen LogP contribution in [0.25, 0.3) is 0 Å². The van der Waals surface area contributed by atoms with Crippen molar-refractivity contribution in [2.45, 2.75) is 46.1 Å². The standard InChI is InChI=1S/C20H29N5O4S/c1-20(2,3)9-13-22-16-15(18(27)25(5)19(28)24(16)4)17(23-13)30-11-14(26)21-10-12-7-6-8-29-12/h12,15H,6-11H2,1-5H3/p+1. The molecule has 0 aromatic carbocycles. The minimum absolute atomic E-state index is 0.0673. The van der Waals surface area contributed by atoms with Crippen LogP contribution in [0, 0.1) is 11.3 Å². The van der Waals surface area contributed by atoms with Gasteiger partial charge in [0.1, 0.15) is 5.04 Å². The molecule has 0 aromatic rings. The van der Waals surface area contributed by atoms with Gasteiger partial charge in [-0.15, -0.1) is 0 Å². The lowest BCUT2D eigenvalue weighted by Crippen LogP contribution is -2.54. The predicted octanol–water partition coefficient (Wildman–Crippen LogP) is 1.51. The summed E-state index contributed by atoms with van der Waals surface area (Å²) < 4.78 is 6.92. The molecule has 3 aliphatic heterocycles. The molecular weight excluding hydrogens is 406 g/mol. The number of aliphatic imine (C=N–C) groups is 2. The van der Waals surface area contributed by atoms with E-state index in [1.807, 2.05) is 0 Å². The van der Waals surface area contributed by atoms with E-state index < -0.39 is 11.9 Å². The number of amides is 4. The van der Waals surface area contributed by atoms with Crippen LogP contribution in [0.5, 0.6) is 0 Å². The summed E-state index contributed by atoms with van der Waals surface area (Å²) in [4.78, 5) is 47.8. The highest BCUT2D eigenvalue weighted by atomic mass is 32.2. The molecule has 3 rings (SSSR count). The molecule has 1 N–H and O–H groups in total. The van der Waals surface area contributed by atoms with Crippen LogP contribution in [0.2, 0.25) is 0 Å². The quantitative estimate of drug-likeness (QED) is 0.658. The Kier molecular flexibility index (Phi) is 6.76. The van der Waals surface area contributed by atoms with Gasteiger partial charge >= 0.3 is 11.9 Å². The second-order valence-electron chi connectivity index (χ2n) is 8.97. The van der Waals surface area contributed by atoms with Gasteiger partial charge in [0.15, 0.2) is 5.92 Å². The summed E-state index contributed by atoms with van der Waals surface area (Å²) >= 11 is 1.22. The first-order valence-electron chi connectivity index (χ1n) is 10.2. The number of thioether (sulfide) groups is 1. The lowest BCUT2D eigenvalue weighted by Gasteiger charge is -2.27. The van der Waals surface area contributed by atoms with Gasteiger partial charge in [-0.05, 0) is 18.3 Å². The van der Waals surface area contributed by atoms with Crippen LogP contribution in [0.4, 0.5) is 4.79 Å². The van der Waals surface area contributed by atoms with E-state index in [0.717, 1.165) is 24.3 Å². The Morgan fingerprint density at radius 2 is 2.07 bits per heavy atom. The molecule has 1 fully saturated rings. The lowest BCUT2D eigenvalue weighted by atomic mass is 9.91. The monoisotopic (exact) mass is 436 g/mol. The van der Waals surface area contributed by atoms with E-state index in [2.05, 4.69) is 36.1 Å². The molecule has 9 nitrogen and oxygen atoms in total. The summed E-state index contributed by atoms with van der Waals surface area (Å²) in [6.45, 7) is 7.44. The van der Waals surface area contributed by atoms with Crippen LogP contribution in [-0.4, -0.2) is 83.1 Å². The maximum atomic E-state index is 12.8. The first kappa shape index (κ1) is 22.6. The highest BCUT2D eigenvalue weighted by molar-refractivity contribution is 8.14. The predicted molar refractivity (Wildman–Crippen MR) is 116 cm³/mol. The van der Waals surface area contributed by atoms with E-state index in [9.17, 15) is 14.4 Å². The van der Waals surface area contributed by atoms with Crippen molar-refractivity contribution in [3.8, 4) is 0 Å². The van der Waals surface area contributed by atoms with Crippen LogP contribution in [0.3, 0.4) is 0 Å². The third-order valence-corrected chi connectivity index (χ3v) is 6.10. The molecule has 0 aromatic heterocycles. The van der Waals surface area contributed by atoms with Crippen molar-refractivity contribution in [1.82, 2.24) is 10.2 Å². The summed E-state index contributed by atoms with van der Waals surface area (Å²) in [7, 11) is 3.05. The number of rotatable bonds is 5. The van der Waals surface area contributed by atoms with Crippen molar-refractivity contribution in [2.24, 2.45) is 21.3 Å². The van der Waals surface area contributed by atoms with Crippen molar-refractivity contribution in [1.29, 1.82) is 0 Å². The molecular formula is C20H30N5O4S+. The van der Waals surface area contributed by atoms with E-state index in [1.54, 1.807) is 7.05 Å². The number of imide groups is 1. The Morgan fingerprint density at radius 3 is 2.70 bits per heavy atom. The van der Waals surface area contributed by atoms with Gasteiger partial charge < -0.3 is 10.1 Å². The van der Waals surface area contributed by atoms with E-state index in [0.29, 0.717) is 29.7 Å². The second-order valence-corrected chi connectivity index (χ2v) is 9.97. The molecule has 1 saturated heterocycles. The summed E-state index contributed by atoms with van der Waals surface area (Å²) in [5.74, 6) is -0.212. The van der Waals surface area contributed by atoms with Gasteiger partial charge in [0.2, 0.25) is 11.7 Å². The highest BCUT2D eigenvalue weighted by Gasteiger charge is 2.49. The number of nitrogens with one attached hydrogen (secondary N) is 1. The summed E-state index contributed by atoms with van der Waals surface area (Å²) in [6, 6.07) is -0.425. The molecule has 0 aliphatic carbocycles. The van der Waals surface area contributed by atoms with Crippen LogP contribution in [-0.2, 0) is 14.3 Å². The van der Waals surface area contributed by atoms with Crippen molar-refractivity contribution < 1.29 is 23.7 Å². The van der Waals surface area contributed by atoms with Crippen molar-refractivity contribution >= 4 is 46.3 Å². The Hall–Kier alpha value is -2.07. The third kappa shape index (κ3) is 5.15. The Balaban J connectivity index is 1.77. The number of carbonyl (C=O) groups excluding carboxylic acids is 3. The maximum absolute atomic E-state index is 12.8. The molecule has 0 saturated carbocycles. The van der Waals surface area contributed by atoms with Crippen LogP contribution in [0.1, 0.15) is 40.0 Å². The Morgan fingerprint density at radius 1 is 1.33 bits per heavy atom. The molecule has 3 aliphatic rings. The fourth-order valence-electron chi connectivity index (χ4n) is 3.51. The number of carbonyl (C=O) groups is 3. The molecule has 3 heterocycles. The molecule has 2 atom stereocenters. The molecule has 4 amide bonds. The third-order valence-electron chi connectivity index (χ3n) is 5.07. The first-order chi connectivity index (χ1) is 14.1. The second kappa shape index (κ2) is 8.97. The SMILES string of the molecule is CN1C(=O)C2C(SCC(=O)NCC3CCCO3)=NC(CC(C)(C)C)=NC2=[N+](C)C1=O. The first-order valence-corrected chi connectivity index (χ1v) is 11.1. The number of hydrogen-bond acceptors (Lipinski definition) is 7. The zero-order valence-electron chi connectivity index (χ0n) is 18.2. The normalized spacial score (nSPS) is 24.6. The molecule has 164 valence electrons. The van der Waals surface area contributed by atoms with E-state index in [1.165, 1.54) is 23.4 Å². The van der Waals surface area contributed by atoms with Crippen molar-refractivity contribution in [3.63, 3.8) is 0 Å². The number of hydrogen-bond donors (Lipinski definition) is 1. The molecule has 30 heavy (non-hydrogen) atoms.